The molecule has 2 rings (SSSR count). The van der Waals surface area contributed by atoms with Crippen LogP contribution in [-0.2, 0) is 16.0 Å². The van der Waals surface area contributed by atoms with Gasteiger partial charge in [-0.05, 0) is 12.0 Å². The molecule has 0 aliphatic carbocycles. The maximum absolute atomic E-state index is 12.9. The molecule has 0 unspecified atom stereocenters. The zero-order valence-electron chi connectivity index (χ0n) is 15.9. The number of hydrogen-bond donors (Lipinski definition) is 0. The second-order valence-electron chi connectivity index (χ2n) is 6.49. The Labute approximate surface area is 185 Å². The van der Waals surface area contributed by atoms with E-state index in [1.54, 1.807) is 25.1 Å². The molecule has 1 heterocycles. The highest BCUT2D eigenvalue weighted by Crippen LogP contribution is 2.38. The summed E-state index contributed by atoms with van der Waals surface area (Å²) in [7, 11) is 3.27. The Morgan fingerprint density at radius 2 is 2.00 bits per heavy atom. The van der Waals surface area contributed by atoms with Crippen molar-refractivity contribution in [2.24, 2.45) is 5.92 Å². The Morgan fingerprint density at radius 1 is 1.32 bits per heavy atom. The van der Waals surface area contributed by atoms with Crippen molar-refractivity contribution in [2.45, 2.75) is 29.6 Å². The summed E-state index contributed by atoms with van der Waals surface area (Å²) in [5, 5.41) is 2.78. The molecule has 2 aromatic rings. The molecule has 152 valence electrons. The molecule has 0 aliphatic heterocycles. The van der Waals surface area contributed by atoms with Crippen molar-refractivity contribution >= 4 is 52.0 Å². The molecule has 0 bridgehead atoms. The molecular weight excluding hydrogens is 439 g/mol. The minimum Gasteiger partial charge on any atom is -0.501 e. The van der Waals surface area contributed by atoms with Crippen molar-refractivity contribution in [1.29, 1.82) is 0 Å². The van der Waals surface area contributed by atoms with Crippen molar-refractivity contribution in [3.8, 4) is 0 Å². The number of hydrogen-bond acceptors (Lipinski definition) is 4. The Kier molecular flexibility index (Phi) is 8.62. The van der Waals surface area contributed by atoms with E-state index in [9.17, 15) is 4.79 Å². The van der Waals surface area contributed by atoms with Crippen molar-refractivity contribution in [1.82, 2.24) is 9.88 Å². The molecular formula is C20H23Cl3N2O2S. The van der Waals surface area contributed by atoms with Crippen LogP contribution in [0, 0.1) is 5.92 Å². The SMILES string of the molecule is CO/C(=C/C(=O)N(C)[C@@H](Cc1ccccc1)c1nccs1)C[C@H](C)C(Cl)(Cl)Cl. The number of carbonyl (C=O) groups is 1. The fourth-order valence-corrected chi connectivity index (χ4v) is 3.65. The fourth-order valence-electron chi connectivity index (χ4n) is 2.64. The van der Waals surface area contributed by atoms with Crippen LogP contribution < -0.4 is 0 Å². The van der Waals surface area contributed by atoms with Gasteiger partial charge in [0.25, 0.3) is 0 Å². The first-order valence-corrected chi connectivity index (χ1v) is 10.7. The summed E-state index contributed by atoms with van der Waals surface area (Å²) in [5.41, 5.74) is 1.13. The van der Waals surface area contributed by atoms with Gasteiger partial charge in [0.15, 0.2) is 3.79 Å². The molecule has 28 heavy (non-hydrogen) atoms. The van der Waals surface area contributed by atoms with Gasteiger partial charge >= 0.3 is 0 Å². The number of nitrogens with zero attached hydrogens (tertiary/aromatic N) is 2. The van der Waals surface area contributed by atoms with Crippen molar-refractivity contribution in [3.63, 3.8) is 0 Å². The largest absolute Gasteiger partial charge is 0.501 e. The number of benzene rings is 1. The van der Waals surface area contributed by atoms with Crippen LogP contribution in [0.15, 0.2) is 53.7 Å². The average molecular weight is 462 g/mol. The van der Waals surface area contributed by atoms with E-state index >= 15 is 0 Å². The van der Waals surface area contributed by atoms with Crippen LogP contribution in [0.25, 0.3) is 0 Å². The van der Waals surface area contributed by atoms with Gasteiger partial charge in [-0.1, -0.05) is 72.1 Å². The molecule has 2 atom stereocenters. The summed E-state index contributed by atoms with van der Waals surface area (Å²) in [6.07, 6.45) is 4.21. The number of allylic oxidation sites excluding steroid dienone is 1. The highest BCUT2D eigenvalue weighted by atomic mass is 35.6. The topological polar surface area (TPSA) is 42.4 Å². The zero-order valence-corrected chi connectivity index (χ0v) is 19.0. The van der Waals surface area contributed by atoms with Gasteiger partial charge < -0.3 is 9.64 Å². The molecule has 1 aromatic heterocycles. The summed E-state index contributed by atoms with van der Waals surface area (Å²) in [5.74, 6) is -0.0290. The van der Waals surface area contributed by atoms with Gasteiger partial charge in [-0.15, -0.1) is 11.3 Å². The van der Waals surface area contributed by atoms with E-state index in [0.29, 0.717) is 18.6 Å². The van der Waals surface area contributed by atoms with E-state index in [2.05, 4.69) is 4.98 Å². The lowest BCUT2D eigenvalue weighted by Gasteiger charge is -2.26. The van der Waals surface area contributed by atoms with E-state index in [0.717, 1.165) is 10.6 Å². The Morgan fingerprint density at radius 3 is 2.54 bits per heavy atom. The molecule has 0 radical (unpaired) electrons. The molecule has 0 aliphatic rings. The first kappa shape index (κ1) is 23.0. The third-order valence-corrected chi connectivity index (χ3v) is 6.43. The standard InChI is InChI=1S/C20H23Cl3N2O2S/c1-14(20(21,22)23)11-16(27-3)13-18(26)25(2)17(19-24-9-10-28-19)12-15-7-5-4-6-8-15/h4-10,13-14,17H,11-12H2,1-3H3/b16-13+/t14-,17-/m0/s1. The third-order valence-electron chi connectivity index (χ3n) is 4.44. The Bertz CT molecular complexity index is 777. The second-order valence-corrected chi connectivity index (χ2v) is 9.78. The van der Waals surface area contributed by atoms with Gasteiger partial charge in [-0.3, -0.25) is 4.79 Å². The van der Waals surface area contributed by atoms with Gasteiger partial charge in [0.05, 0.1) is 13.2 Å². The van der Waals surface area contributed by atoms with E-state index in [-0.39, 0.29) is 17.9 Å². The van der Waals surface area contributed by atoms with Crippen LogP contribution in [-0.4, -0.2) is 33.7 Å². The van der Waals surface area contributed by atoms with Gasteiger partial charge in [0, 0.05) is 37.0 Å². The molecule has 1 aromatic carbocycles. The molecule has 8 heteroatoms. The predicted molar refractivity (Wildman–Crippen MR) is 117 cm³/mol. The predicted octanol–water partition coefficient (Wildman–Crippen LogP) is 5.81. The lowest BCUT2D eigenvalue weighted by molar-refractivity contribution is -0.127. The van der Waals surface area contributed by atoms with E-state index < -0.39 is 3.79 Å². The monoisotopic (exact) mass is 460 g/mol. The zero-order chi connectivity index (χ0) is 20.7. The van der Waals surface area contributed by atoms with Crippen LogP contribution in [0.3, 0.4) is 0 Å². The minimum atomic E-state index is -1.43. The van der Waals surface area contributed by atoms with Crippen LogP contribution in [0.4, 0.5) is 0 Å². The fraction of sp³-hybridized carbons (Fsp3) is 0.400. The molecule has 0 saturated heterocycles. The van der Waals surface area contributed by atoms with Crippen LogP contribution in [0.2, 0.25) is 0 Å². The van der Waals surface area contributed by atoms with Crippen molar-refractivity contribution in [3.05, 3.63) is 64.3 Å². The number of amides is 1. The first-order valence-electron chi connectivity index (χ1n) is 8.73. The number of ether oxygens (including phenoxy) is 1. The maximum Gasteiger partial charge on any atom is 0.250 e. The summed E-state index contributed by atoms with van der Waals surface area (Å²) in [6, 6.07) is 9.83. The maximum atomic E-state index is 12.9. The Balaban J connectivity index is 2.20. The molecule has 1 amide bonds. The molecule has 0 N–H and O–H groups in total. The number of methoxy groups -OCH3 is 1. The van der Waals surface area contributed by atoms with Crippen LogP contribution in [0.1, 0.15) is 30.0 Å². The van der Waals surface area contributed by atoms with Gasteiger partial charge in [-0.2, -0.15) is 0 Å². The normalized spacial score (nSPS) is 14.4. The van der Waals surface area contributed by atoms with Crippen molar-refractivity contribution < 1.29 is 9.53 Å². The summed E-state index contributed by atoms with van der Waals surface area (Å²) >= 11 is 19.3. The molecule has 0 fully saturated rings. The quantitative estimate of drug-likeness (QED) is 0.283. The summed E-state index contributed by atoms with van der Waals surface area (Å²) in [6.45, 7) is 1.79. The van der Waals surface area contributed by atoms with Gasteiger partial charge in [0.2, 0.25) is 5.91 Å². The number of halogens is 3. The number of carbonyl (C=O) groups excluding carboxylic acids is 1. The molecule has 0 spiro atoms. The highest BCUT2D eigenvalue weighted by Gasteiger charge is 2.30. The van der Waals surface area contributed by atoms with Crippen LogP contribution in [0.5, 0.6) is 0 Å². The number of alkyl halides is 3. The third kappa shape index (κ3) is 6.66. The first-order chi connectivity index (χ1) is 13.2. The summed E-state index contributed by atoms with van der Waals surface area (Å²) < 4.78 is 3.92. The van der Waals surface area contributed by atoms with E-state index in [1.165, 1.54) is 24.5 Å². The average Bonchev–Trinajstić information content (AvgIpc) is 3.19. The molecule has 4 nitrogen and oxygen atoms in total. The Hall–Kier alpha value is -1.27. The number of rotatable bonds is 8. The van der Waals surface area contributed by atoms with Crippen LogP contribution >= 0.6 is 46.1 Å². The van der Waals surface area contributed by atoms with E-state index in [1.807, 2.05) is 35.7 Å². The van der Waals surface area contributed by atoms with Gasteiger partial charge in [-0.25, -0.2) is 4.98 Å². The van der Waals surface area contributed by atoms with Gasteiger partial charge in [0.1, 0.15) is 10.8 Å². The molecule has 0 saturated carbocycles. The number of thiazole rings is 1. The summed E-state index contributed by atoms with van der Waals surface area (Å²) in [4.78, 5) is 19.0. The minimum absolute atomic E-state index is 0.185. The second kappa shape index (κ2) is 10.5. The smallest absolute Gasteiger partial charge is 0.250 e. The lowest BCUT2D eigenvalue weighted by Crippen LogP contribution is -2.31. The van der Waals surface area contributed by atoms with E-state index in [4.69, 9.17) is 39.5 Å². The highest BCUT2D eigenvalue weighted by molar-refractivity contribution is 7.09. The van der Waals surface area contributed by atoms with Crippen molar-refractivity contribution in [2.75, 3.05) is 14.2 Å². The lowest BCUT2D eigenvalue weighted by atomic mass is 10.0. The number of aromatic nitrogens is 1. The number of likely N-dealkylation sites (N-methyl/N-ethyl adjacent to an activating group) is 1.